The number of hydrogen-bond acceptors (Lipinski definition) is 3. The highest BCUT2D eigenvalue weighted by atomic mass is 15.1. The molecule has 0 fully saturated rings. The molecule has 1 atom stereocenters. The van der Waals surface area contributed by atoms with E-state index in [0.29, 0.717) is 12.6 Å². The van der Waals surface area contributed by atoms with E-state index in [1.165, 1.54) is 0 Å². The van der Waals surface area contributed by atoms with E-state index in [4.69, 9.17) is 5.73 Å². The van der Waals surface area contributed by atoms with Gasteiger partial charge in [-0.3, -0.25) is 4.98 Å². The van der Waals surface area contributed by atoms with Crippen LogP contribution in [0.2, 0.25) is 0 Å². The molecule has 0 bridgehead atoms. The van der Waals surface area contributed by atoms with Gasteiger partial charge in [0.05, 0.1) is 11.7 Å². The van der Waals surface area contributed by atoms with Crippen LogP contribution in [0.1, 0.15) is 32.0 Å². The van der Waals surface area contributed by atoms with Gasteiger partial charge in [-0.05, 0) is 44.6 Å². The second-order valence-corrected chi connectivity index (χ2v) is 5.31. The highest BCUT2D eigenvalue weighted by Gasteiger charge is 2.25. The molecule has 0 aliphatic rings. The largest absolute Gasteiger partial charge is 0.330 e. The standard InChI is InChI=1S/C13H23N3/c1-13(2,10-14)9-12(16(3)4)11-7-5-6-8-15-11/h5-8,12H,9-10,14H2,1-4H3. The molecular formula is C13H23N3. The van der Waals surface area contributed by atoms with Gasteiger partial charge >= 0.3 is 0 Å². The molecule has 16 heavy (non-hydrogen) atoms. The summed E-state index contributed by atoms with van der Waals surface area (Å²) in [5.74, 6) is 0. The summed E-state index contributed by atoms with van der Waals surface area (Å²) < 4.78 is 0. The summed E-state index contributed by atoms with van der Waals surface area (Å²) in [4.78, 5) is 6.64. The van der Waals surface area contributed by atoms with Crippen molar-refractivity contribution in [1.29, 1.82) is 0 Å². The van der Waals surface area contributed by atoms with Crippen molar-refractivity contribution in [2.45, 2.75) is 26.3 Å². The Labute approximate surface area is 98.7 Å². The second-order valence-electron chi connectivity index (χ2n) is 5.31. The van der Waals surface area contributed by atoms with Crippen molar-refractivity contribution < 1.29 is 0 Å². The Morgan fingerprint density at radius 3 is 2.50 bits per heavy atom. The van der Waals surface area contributed by atoms with E-state index in [-0.39, 0.29) is 5.41 Å². The van der Waals surface area contributed by atoms with Crippen molar-refractivity contribution in [2.24, 2.45) is 11.1 Å². The number of nitrogens with zero attached hydrogens (tertiary/aromatic N) is 2. The SMILES string of the molecule is CN(C)C(CC(C)(C)CN)c1ccccn1. The summed E-state index contributed by atoms with van der Waals surface area (Å²) in [6, 6.07) is 6.40. The van der Waals surface area contributed by atoms with Crippen LogP contribution < -0.4 is 5.73 Å². The summed E-state index contributed by atoms with van der Waals surface area (Å²) >= 11 is 0. The van der Waals surface area contributed by atoms with Crippen LogP contribution in [0, 0.1) is 5.41 Å². The molecule has 3 heteroatoms. The lowest BCUT2D eigenvalue weighted by molar-refractivity contribution is 0.199. The molecule has 0 amide bonds. The van der Waals surface area contributed by atoms with Gasteiger partial charge in [0, 0.05) is 6.20 Å². The molecule has 3 nitrogen and oxygen atoms in total. The van der Waals surface area contributed by atoms with E-state index in [9.17, 15) is 0 Å². The number of aromatic nitrogens is 1. The highest BCUT2D eigenvalue weighted by molar-refractivity contribution is 5.09. The van der Waals surface area contributed by atoms with Crippen molar-refractivity contribution in [3.05, 3.63) is 30.1 Å². The lowest BCUT2D eigenvalue weighted by Gasteiger charge is -2.32. The smallest absolute Gasteiger partial charge is 0.0575 e. The van der Waals surface area contributed by atoms with Gasteiger partial charge in [-0.25, -0.2) is 0 Å². The fraction of sp³-hybridized carbons (Fsp3) is 0.615. The van der Waals surface area contributed by atoms with Crippen molar-refractivity contribution in [2.75, 3.05) is 20.6 Å². The first-order valence-electron chi connectivity index (χ1n) is 5.74. The molecule has 90 valence electrons. The van der Waals surface area contributed by atoms with Crippen LogP contribution >= 0.6 is 0 Å². The molecule has 0 aromatic carbocycles. The maximum absolute atomic E-state index is 5.79. The van der Waals surface area contributed by atoms with E-state index in [1.807, 2.05) is 18.3 Å². The van der Waals surface area contributed by atoms with Crippen LogP contribution in [0.3, 0.4) is 0 Å². The maximum atomic E-state index is 5.79. The van der Waals surface area contributed by atoms with Gasteiger partial charge in [0.15, 0.2) is 0 Å². The number of pyridine rings is 1. The third-order valence-electron chi connectivity index (χ3n) is 2.95. The first-order chi connectivity index (χ1) is 7.46. The Balaban J connectivity index is 2.85. The fourth-order valence-corrected chi connectivity index (χ4v) is 1.73. The zero-order chi connectivity index (χ0) is 12.2. The predicted octanol–water partition coefficient (Wildman–Crippen LogP) is 2.06. The van der Waals surface area contributed by atoms with Crippen LogP contribution in [-0.4, -0.2) is 30.5 Å². The fourth-order valence-electron chi connectivity index (χ4n) is 1.73. The zero-order valence-electron chi connectivity index (χ0n) is 10.8. The summed E-state index contributed by atoms with van der Waals surface area (Å²) in [6.45, 7) is 5.10. The van der Waals surface area contributed by atoms with E-state index < -0.39 is 0 Å². The molecule has 2 N–H and O–H groups in total. The summed E-state index contributed by atoms with van der Waals surface area (Å²) in [6.07, 6.45) is 2.87. The van der Waals surface area contributed by atoms with E-state index in [1.54, 1.807) is 0 Å². The Hall–Kier alpha value is -0.930. The molecule has 1 rings (SSSR count). The Morgan fingerprint density at radius 1 is 1.38 bits per heavy atom. The average Bonchev–Trinajstić information content (AvgIpc) is 2.27. The highest BCUT2D eigenvalue weighted by Crippen LogP contribution is 2.31. The van der Waals surface area contributed by atoms with Gasteiger partial charge in [-0.15, -0.1) is 0 Å². The van der Waals surface area contributed by atoms with Gasteiger partial charge in [-0.1, -0.05) is 19.9 Å². The minimum atomic E-state index is 0.145. The van der Waals surface area contributed by atoms with Gasteiger partial charge in [0.1, 0.15) is 0 Å². The lowest BCUT2D eigenvalue weighted by Crippen LogP contribution is -2.31. The average molecular weight is 221 g/mol. The summed E-state index contributed by atoms with van der Waals surface area (Å²) in [5.41, 5.74) is 7.06. The van der Waals surface area contributed by atoms with Crippen LogP contribution in [0.5, 0.6) is 0 Å². The van der Waals surface area contributed by atoms with E-state index in [2.05, 4.69) is 43.9 Å². The Bertz CT molecular complexity index is 306. The van der Waals surface area contributed by atoms with Gasteiger partial charge in [-0.2, -0.15) is 0 Å². The van der Waals surface area contributed by atoms with Crippen molar-refractivity contribution >= 4 is 0 Å². The third-order valence-corrected chi connectivity index (χ3v) is 2.95. The van der Waals surface area contributed by atoms with E-state index in [0.717, 1.165) is 12.1 Å². The van der Waals surface area contributed by atoms with Crippen molar-refractivity contribution in [3.63, 3.8) is 0 Å². The molecule has 0 spiro atoms. The van der Waals surface area contributed by atoms with Gasteiger partial charge in [0.2, 0.25) is 0 Å². The monoisotopic (exact) mass is 221 g/mol. The first kappa shape index (κ1) is 13.1. The molecule has 1 aromatic rings. The molecule has 0 aliphatic heterocycles. The second kappa shape index (κ2) is 5.41. The van der Waals surface area contributed by atoms with Crippen molar-refractivity contribution in [1.82, 2.24) is 9.88 Å². The summed E-state index contributed by atoms with van der Waals surface area (Å²) in [7, 11) is 4.18. The topological polar surface area (TPSA) is 42.1 Å². The molecule has 0 radical (unpaired) electrons. The number of nitrogens with two attached hydrogens (primary N) is 1. The quantitative estimate of drug-likeness (QED) is 0.827. The molecular weight excluding hydrogens is 198 g/mol. The third kappa shape index (κ3) is 3.58. The molecule has 0 aliphatic carbocycles. The number of hydrogen-bond donors (Lipinski definition) is 1. The Kier molecular flexibility index (Phi) is 4.44. The predicted molar refractivity (Wildman–Crippen MR) is 68.1 cm³/mol. The van der Waals surface area contributed by atoms with Crippen LogP contribution in [0.25, 0.3) is 0 Å². The summed E-state index contributed by atoms with van der Waals surface area (Å²) in [5, 5.41) is 0. The van der Waals surface area contributed by atoms with Crippen LogP contribution in [-0.2, 0) is 0 Å². The molecule has 1 heterocycles. The zero-order valence-corrected chi connectivity index (χ0v) is 10.8. The molecule has 0 saturated heterocycles. The van der Waals surface area contributed by atoms with Gasteiger partial charge < -0.3 is 10.6 Å². The normalized spacial score (nSPS) is 14.1. The van der Waals surface area contributed by atoms with Crippen LogP contribution in [0.15, 0.2) is 24.4 Å². The van der Waals surface area contributed by atoms with Gasteiger partial charge in [0.25, 0.3) is 0 Å². The Morgan fingerprint density at radius 2 is 2.06 bits per heavy atom. The maximum Gasteiger partial charge on any atom is 0.0575 e. The van der Waals surface area contributed by atoms with Crippen LogP contribution in [0.4, 0.5) is 0 Å². The minimum absolute atomic E-state index is 0.145. The number of rotatable bonds is 5. The molecule has 1 unspecified atom stereocenters. The van der Waals surface area contributed by atoms with E-state index >= 15 is 0 Å². The minimum Gasteiger partial charge on any atom is -0.330 e. The molecule has 1 aromatic heterocycles. The first-order valence-corrected chi connectivity index (χ1v) is 5.74. The van der Waals surface area contributed by atoms with Crippen molar-refractivity contribution in [3.8, 4) is 0 Å². The lowest BCUT2D eigenvalue weighted by atomic mass is 9.84. The molecule has 0 saturated carbocycles.